The standard InChI is InChI=1S/C22H15ClO3/c1-25-18-9-4-15(5-10-18)19-13-22(24)26-21-11-6-16(12-20(19)21)14-2-7-17(23)8-3-14/h2-13H,1H3. The normalized spacial score (nSPS) is 10.8. The van der Waals surface area contributed by atoms with Gasteiger partial charge in [0.2, 0.25) is 0 Å². The molecule has 0 fully saturated rings. The zero-order valence-corrected chi connectivity index (χ0v) is 14.8. The van der Waals surface area contributed by atoms with Crippen molar-refractivity contribution in [1.82, 2.24) is 0 Å². The third-order valence-electron chi connectivity index (χ3n) is 4.32. The molecule has 4 aromatic rings. The van der Waals surface area contributed by atoms with Crippen LogP contribution in [0.4, 0.5) is 0 Å². The Morgan fingerprint density at radius 3 is 2.15 bits per heavy atom. The minimum absolute atomic E-state index is 0.373. The molecule has 3 nitrogen and oxygen atoms in total. The van der Waals surface area contributed by atoms with Crippen molar-refractivity contribution < 1.29 is 9.15 Å². The van der Waals surface area contributed by atoms with Gasteiger partial charge < -0.3 is 9.15 Å². The van der Waals surface area contributed by atoms with E-state index < -0.39 is 0 Å². The maximum atomic E-state index is 12.0. The highest BCUT2D eigenvalue weighted by atomic mass is 35.5. The first-order valence-corrected chi connectivity index (χ1v) is 8.50. The number of benzene rings is 3. The zero-order chi connectivity index (χ0) is 18.1. The van der Waals surface area contributed by atoms with E-state index in [-0.39, 0.29) is 5.63 Å². The zero-order valence-electron chi connectivity index (χ0n) is 14.0. The lowest BCUT2D eigenvalue weighted by Gasteiger charge is -2.09. The molecule has 0 unspecified atom stereocenters. The molecule has 0 bridgehead atoms. The van der Waals surface area contributed by atoms with Gasteiger partial charge in [0.05, 0.1) is 7.11 Å². The Labute approximate surface area is 155 Å². The van der Waals surface area contributed by atoms with Crippen molar-refractivity contribution in [3.05, 3.63) is 88.2 Å². The number of hydrogen-bond donors (Lipinski definition) is 0. The summed E-state index contributed by atoms with van der Waals surface area (Å²) in [7, 11) is 1.62. The summed E-state index contributed by atoms with van der Waals surface area (Å²) in [5.41, 5.74) is 4.01. The summed E-state index contributed by atoms with van der Waals surface area (Å²) in [5, 5.41) is 1.57. The molecule has 1 aromatic heterocycles. The smallest absolute Gasteiger partial charge is 0.336 e. The largest absolute Gasteiger partial charge is 0.497 e. The van der Waals surface area contributed by atoms with Gasteiger partial charge in [0.1, 0.15) is 11.3 Å². The summed E-state index contributed by atoms with van der Waals surface area (Å²) < 4.78 is 10.6. The van der Waals surface area contributed by atoms with E-state index >= 15 is 0 Å². The molecule has 0 radical (unpaired) electrons. The molecule has 1 heterocycles. The summed E-state index contributed by atoms with van der Waals surface area (Å²) in [4.78, 5) is 12.0. The molecule has 0 aliphatic carbocycles. The number of hydrogen-bond acceptors (Lipinski definition) is 3. The average Bonchev–Trinajstić information content (AvgIpc) is 2.68. The van der Waals surface area contributed by atoms with Gasteiger partial charge in [-0.15, -0.1) is 0 Å². The fourth-order valence-corrected chi connectivity index (χ4v) is 3.12. The molecule has 3 aromatic carbocycles. The minimum Gasteiger partial charge on any atom is -0.497 e. The number of ether oxygens (including phenoxy) is 1. The first-order chi connectivity index (χ1) is 12.6. The summed E-state index contributed by atoms with van der Waals surface area (Å²) >= 11 is 5.98. The first-order valence-electron chi connectivity index (χ1n) is 8.12. The van der Waals surface area contributed by atoms with Crippen LogP contribution in [0.25, 0.3) is 33.2 Å². The molecule has 0 saturated carbocycles. The van der Waals surface area contributed by atoms with E-state index in [1.165, 1.54) is 6.07 Å². The number of halogens is 1. The Bertz CT molecular complexity index is 1130. The Morgan fingerprint density at radius 1 is 0.808 bits per heavy atom. The molecule has 26 heavy (non-hydrogen) atoms. The van der Waals surface area contributed by atoms with Crippen LogP contribution in [0.3, 0.4) is 0 Å². The van der Waals surface area contributed by atoms with Crippen LogP contribution in [0.5, 0.6) is 5.75 Å². The fraction of sp³-hybridized carbons (Fsp3) is 0.0455. The second-order valence-electron chi connectivity index (χ2n) is 5.93. The van der Waals surface area contributed by atoms with E-state index in [9.17, 15) is 4.79 Å². The van der Waals surface area contributed by atoms with E-state index in [4.69, 9.17) is 20.8 Å². The highest BCUT2D eigenvalue weighted by Gasteiger charge is 2.10. The van der Waals surface area contributed by atoms with Crippen LogP contribution in [0.1, 0.15) is 0 Å². The Kier molecular flexibility index (Phi) is 4.23. The van der Waals surface area contributed by atoms with Crippen LogP contribution >= 0.6 is 11.6 Å². The lowest BCUT2D eigenvalue weighted by Crippen LogP contribution is -1.98. The molecule has 0 N–H and O–H groups in total. The molecule has 0 aliphatic heterocycles. The van der Waals surface area contributed by atoms with Crippen molar-refractivity contribution in [2.45, 2.75) is 0 Å². The van der Waals surface area contributed by atoms with Gasteiger partial charge in [-0.1, -0.05) is 41.9 Å². The van der Waals surface area contributed by atoms with Gasteiger partial charge in [-0.3, -0.25) is 0 Å². The molecule has 0 aliphatic rings. The Hall–Kier alpha value is -3.04. The second-order valence-corrected chi connectivity index (χ2v) is 6.36. The van der Waals surface area contributed by atoms with Crippen LogP contribution in [0.15, 0.2) is 82.0 Å². The van der Waals surface area contributed by atoms with E-state index in [1.807, 2.05) is 66.7 Å². The van der Waals surface area contributed by atoms with Crippen molar-refractivity contribution in [3.63, 3.8) is 0 Å². The van der Waals surface area contributed by atoms with Crippen LogP contribution in [0.2, 0.25) is 5.02 Å². The Morgan fingerprint density at radius 2 is 1.46 bits per heavy atom. The number of fused-ring (bicyclic) bond motifs is 1. The van der Waals surface area contributed by atoms with Gasteiger partial charge in [0, 0.05) is 16.5 Å². The Balaban J connectivity index is 1.91. The van der Waals surface area contributed by atoms with Crippen molar-refractivity contribution in [3.8, 4) is 28.0 Å². The molecule has 0 atom stereocenters. The maximum absolute atomic E-state index is 12.0. The highest BCUT2D eigenvalue weighted by molar-refractivity contribution is 6.30. The van der Waals surface area contributed by atoms with Crippen molar-refractivity contribution in [2.24, 2.45) is 0 Å². The predicted octanol–water partition coefficient (Wildman–Crippen LogP) is 5.79. The van der Waals surface area contributed by atoms with Crippen LogP contribution in [-0.4, -0.2) is 7.11 Å². The average molecular weight is 363 g/mol. The molecule has 0 saturated heterocycles. The molecular weight excluding hydrogens is 348 g/mol. The number of rotatable bonds is 3. The summed E-state index contributed by atoms with van der Waals surface area (Å²) in [6.45, 7) is 0. The van der Waals surface area contributed by atoms with E-state index in [1.54, 1.807) is 7.11 Å². The second kappa shape index (κ2) is 6.70. The topological polar surface area (TPSA) is 39.4 Å². The lowest BCUT2D eigenvalue weighted by molar-refractivity contribution is 0.415. The lowest BCUT2D eigenvalue weighted by atomic mass is 9.98. The van der Waals surface area contributed by atoms with Crippen LogP contribution < -0.4 is 10.4 Å². The van der Waals surface area contributed by atoms with Gasteiger partial charge in [-0.25, -0.2) is 4.79 Å². The summed E-state index contributed by atoms with van der Waals surface area (Å²) in [5.74, 6) is 0.767. The van der Waals surface area contributed by atoms with Gasteiger partial charge in [-0.05, 0) is 58.7 Å². The molecule has 0 amide bonds. The third kappa shape index (κ3) is 3.09. The maximum Gasteiger partial charge on any atom is 0.336 e. The van der Waals surface area contributed by atoms with E-state index in [0.29, 0.717) is 10.6 Å². The minimum atomic E-state index is -0.373. The monoisotopic (exact) mass is 362 g/mol. The van der Waals surface area contributed by atoms with Crippen LogP contribution in [0, 0.1) is 0 Å². The van der Waals surface area contributed by atoms with Crippen molar-refractivity contribution in [2.75, 3.05) is 7.11 Å². The van der Waals surface area contributed by atoms with Gasteiger partial charge >= 0.3 is 5.63 Å². The highest BCUT2D eigenvalue weighted by Crippen LogP contribution is 2.32. The van der Waals surface area contributed by atoms with Crippen molar-refractivity contribution >= 4 is 22.6 Å². The number of methoxy groups -OCH3 is 1. The third-order valence-corrected chi connectivity index (χ3v) is 4.57. The molecule has 4 heteroatoms. The first kappa shape index (κ1) is 16.4. The SMILES string of the molecule is COc1ccc(-c2cc(=O)oc3ccc(-c4ccc(Cl)cc4)cc23)cc1. The summed E-state index contributed by atoms with van der Waals surface area (Å²) in [6, 6.07) is 22.6. The molecular formula is C22H15ClO3. The van der Waals surface area contributed by atoms with E-state index in [0.717, 1.165) is 33.4 Å². The van der Waals surface area contributed by atoms with Gasteiger partial charge in [0.15, 0.2) is 0 Å². The van der Waals surface area contributed by atoms with Crippen molar-refractivity contribution in [1.29, 1.82) is 0 Å². The molecule has 0 spiro atoms. The van der Waals surface area contributed by atoms with Crippen LogP contribution in [-0.2, 0) is 0 Å². The fourth-order valence-electron chi connectivity index (χ4n) is 2.99. The van der Waals surface area contributed by atoms with Gasteiger partial charge in [0.25, 0.3) is 0 Å². The van der Waals surface area contributed by atoms with E-state index in [2.05, 4.69) is 0 Å². The van der Waals surface area contributed by atoms with Gasteiger partial charge in [-0.2, -0.15) is 0 Å². The molecule has 4 rings (SSSR count). The molecule has 128 valence electrons. The predicted molar refractivity (Wildman–Crippen MR) is 105 cm³/mol. The summed E-state index contributed by atoms with van der Waals surface area (Å²) in [6.07, 6.45) is 0. The quantitative estimate of drug-likeness (QED) is 0.433.